The molecule has 152 valence electrons. The normalized spacial score (nSPS) is 24.3. The van der Waals surface area contributed by atoms with Crippen LogP contribution in [-0.2, 0) is 26.3 Å². The van der Waals surface area contributed by atoms with Gasteiger partial charge in [-0.15, -0.1) is 0 Å². The Labute approximate surface area is 172 Å². The number of nitrogens with zero attached hydrogens (tertiary/aromatic N) is 2. The van der Waals surface area contributed by atoms with Gasteiger partial charge >= 0.3 is 0 Å². The number of fused-ring (bicyclic) bond motifs is 1. The topological polar surface area (TPSA) is 49.9 Å². The number of amides is 2. The monoisotopic (exact) mass is 392 g/mol. The van der Waals surface area contributed by atoms with Crippen LogP contribution in [0.5, 0.6) is 0 Å². The maximum atomic E-state index is 13.2. The van der Waals surface area contributed by atoms with Gasteiger partial charge in [0.05, 0.1) is 6.04 Å². The van der Waals surface area contributed by atoms with E-state index in [2.05, 4.69) is 36.4 Å². The summed E-state index contributed by atoms with van der Waals surface area (Å²) < 4.78 is 5.11. The van der Waals surface area contributed by atoms with Crippen LogP contribution in [0, 0.1) is 0 Å². The molecule has 0 unspecified atom stereocenters. The van der Waals surface area contributed by atoms with Crippen LogP contribution in [0.1, 0.15) is 30.4 Å². The second-order valence-electron chi connectivity index (χ2n) is 8.06. The summed E-state index contributed by atoms with van der Waals surface area (Å²) in [6.45, 7) is 2.05. The molecule has 2 heterocycles. The number of hydrogen-bond donors (Lipinski definition) is 0. The van der Waals surface area contributed by atoms with E-state index in [4.69, 9.17) is 4.74 Å². The number of carbonyl (C=O) groups excluding carboxylic acids is 2. The van der Waals surface area contributed by atoms with Crippen LogP contribution in [0.2, 0.25) is 0 Å². The first kappa shape index (κ1) is 19.6. The quantitative estimate of drug-likeness (QED) is 0.786. The lowest BCUT2D eigenvalue weighted by Crippen LogP contribution is -2.46. The third-order valence-corrected chi connectivity index (χ3v) is 6.51. The maximum absolute atomic E-state index is 13.2. The lowest BCUT2D eigenvalue weighted by atomic mass is 9.71. The Balaban J connectivity index is 1.65. The average molecular weight is 392 g/mol. The van der Waals surface area contributed by atoms with Crippen LogP contribution in [0.4, 0.5) is 0 Å². The van der Waals surface area contributed by atoms with Crippen molar-refractivity contribution in [3.05, 3.63) is 71.8 Å². The first-order chi connectivity index (χ1) is 14.1. The van der Waals surface area contributed by atoms with Crippen LogP contribution in [0.15, 0.2) is 60.7 Å². The van der Waals surface area contributed by atoms with Crippen LogP contribution in [0.3, 0.4) is 0 Å². The molecule has 2 atom stereocenters. The van der Waals surface area contributed by atoms with E-state index in [9.17, 15) is 9.59 Å². The van der Waals surface area contributed by atoms with E-state index in [0.717, 1.165) is 18.4 Å². The van der Waals surface area contributed by atoms with Crippen LogP contribution in [0.25, 0.3) is 0 Å². The van der Waals surface area contributed by atoms with Crippen molar-refractivity contribution < 1.29 is 14.3 Å². The number of rotatable bonds is 5. The minimum absolute atomic E-state index is 0.0281. The third kappa shape index (κ3) is 3.79. The smallest absolute Gasteiger partial charge is 0.248 e. The van der Waals surface area contributed by atoms with Gasteiger partial charge in [-0.3, -0.25) is 9.59 Å². The van der Waals surface area contributed by atoms with Gasteiger partial charge in [0.25, 0.3) is 0 Å². The molecule has 0 bridgehead atoms. The van der Waals surface area contributed by atoms with Crippen molar-refractivity contribution in [1.82, 2.24) is 9.80 Å². The second-order valence-corrected chi connectivity index (χ2v) is 8.06. The van der Waals surface area contributed by atoms with Gasteiger partial charge in [-0.05, 0) is 24.0 Å². The molecule has 0 aromatic heterocycles. The van der Waals surface area contributed by atoms with Crippen molar-refractivity contribution >= 4 is 11.8 Å². The molecule has 4 rings (SSSR count). The van der Waals surface area contributed by atoms with Gasteiger partial charge in [-0.25, -0.2) is 0 Å². The molecule has 2 aromatic carbocycles. The largest absolute Gasteiger partial charge is 0.375 e. The Bertz CT molecular complexity index is 855. The Morgan fingerprint density at radius 3 is 2.38 bits per heavy atom. The minimum Gasteiger partial charge on any atom is -0.375 e. The molecule has 5 nitrogen and oxygen atoms in total. The fourth-order valence-electron chi connectivity index (χ4n) is 5.02. The van der Waals surface area contributed by atoms with E-state index in [0.29, 0.717) is 26.1 Å². The zero-order valence-corrected chi connectivity index (χ0v) is 16.9. The van der Waals surface area contributed by atoms with E-state index in [1.807, 2.05) is 34.1 Å². The molecule has 2 amide bonds. The summed E-state index contributed by atoms with van der Waals surface area (Å²) >= 11 is 0. The highest BCUT2D eigenvalue weighted by molar-refractivity contribution is 5.82. The van der Waals surface area contributed by atoms with Crippen molar-refractivity contribution in [2.24, 2.45) is 0 Å². The fourth-order valence-corrected chi connectivity index (χ4v) is 5.02. The zero-order chi connectivity index (χ0) is 20.3. The van der Waals surface area contributed by atoms with Gasteiger partial charge in [0.2, 0.25) is 11.8 Å². The van der Waals surface area contributed by atoms with Gasteiger partial charge < -0.3 is 14.5 Å². The van der Waals surface area contributed by atoms with Crippen molar-refractivity contribution in [2.75, 3.05) is 26.8 Å². The number of ether oxygens (including phenoxy) is 1. The Morgan fingerprint density at radius 2 is 1.69 bits per heavy atom. The first-order valence-corrected chi connectivity index (χ1v) is 10.3. The summed E-state index contributed by atoms with van der Waals surface area (Å²) in [5.74, 6) is 0.0911. The van der Waals surface area contributed by atoms with E-state index in [-0.39, 0.29) is 29.9 Å². The Morgan fingerprint density at radius 1 is 1.03 bits per heavy atom. The molecule has 0 N–H and O–H groups in total. The number of hydrogen-bond acceptors (Lipinski definition) is 3. The summed E-state index contributed by atoms with van der Waals surface area (Å²) in [5.41, 5.74) is 2.17. The number of likely N-dealkylation sites (tertiary alicyclic amines) is 2. The van der Waals surface area contributed by atoms with Crippen molar-refractivity contribution in [1.29, 1.82) is 0 Å². The summed E-state index contributed by atoms with van der Waals surface area (Å²) in [6.07, 6.45) is 2.10. The van der Waals surface area contributed by atoms with Crippen molar-refractivity contribution in [2.45, 2.75) is 37.3 Å². The van der Waals surface area contributed by atoms with E-state index >= 15 is 0 Å². The molecule has 29 heavy (non-hydrogen) atoms. The van der Waals surface area contributed by atoms with Crippen LogP contribution < -0.4 is 0 Å². The zero-order valence-electron chi connectivity index (χ0n) is 16.9. The molecule has 2 saturated heterocycles. The minimum atomic E-state index is -0.189. The van der Waals surface area contributed by atoms with Gasteiger partial charge in [0.1, 0.15) is 6.61 Å². The molecule has 2 aromatic rings. The molecular formula is C24H28N2O3. The Hall–Kier alpha value is -2.66. The molecule has 0 radical (unpaired) electrons. The highest BCUT2D eigenvalue weighted by Crippen LogP contribution is 2.46. The Kier molecular flexibility index (Phi) is 5.67. The summed E-state index contributed by atoms with van der Waals surface area (Å²) in [5, 5.41) is 0. The second kappa shape index (κ2) is 8.37. The first-order valence-electron chi connectivity index (χ1n) is 10.3. The number of methoxy groups -OCH3 is 1. The number of carbonyl (C=O) groups is 2. The van der Waals surface area contributed by atoms with Gasteiger partial charge in [0, 0.05) is 38.6 Å². The summed E-state index contributed by atoms with van der Waals surface area (Å²) in [6, 6.07) is 20.4. The molecule has 0 spiro atoms. The van der Waals surface area contributed by atoms with Gasteiger partial charge in [-0.2, -0.15) is 0 Å². The standard InChI is InChI=1S/C24H28N2O3/c1-29-18-23(28)26-15-13-24(20-10-6-3-7-11-20)12-14-25(22(27)16-21(24)26)17-19-8-4-2-5-9-19/h2-11,21H,12-18H2,1H3/t21-,24-/m0/s1. The molecule has 0 aliphatic carbocycles. The molecule has 2 aliphatic heterocycles. The van der Waals surface area contributed by atoms with E-state index in [1.54, 1.807) is 0 Å². The highest BCUT2D eigenvalue weighted by Gasteiger charge is 2.52. The number of benzene rings is 2. The predicted octanol–water partition coefficient (Wildman–Crippen LogP) is 2.99. The lowest BCUT2D eigenvalue weighted by Gasteiger charge is -2.36. The summed E-state index contributed by atoms with van der Waals surface area (Å²) in [4.78, 5) is 29.8. The molecule has 0 saturated carbocycles. The lowest BCUT2D eigenvalue weighted by molar-refractivity contribution is -0.138. The average Bonchev–Trinajstić information content (AvgIpc) is 3.05. The SMILES string of the molecule is COCC(=O)N1CC[C@]2(c3ccccc3)CCN(Cc3ccccc3)C(=O)C[C@H]12. The van der Waals surface area contributed by atoms with Crippen molar-refractivity contribution in [3.8, 4) is 0 Å². The van der Waals surface area contributed by atoms with E-state index in [1.165, 1.54) is 12.7 Å². The molecule has 2 aliphatic rings. The maximum Gasteiger partial charge on any atom is 0.248 e. The fraction of sp³-hybridized carbons (Fsp3) is 0.417. The molecular weight excluding hydrogens is 364 g/mol. The van der Waals surface area contributed by atoms with E-state index < -0.39 is 0 Å². The predicted molar refractivity (Wildman–Crippen MR) is 111 cm³/mol. The van der Waals surface area contributed by atoms with Crippen molar-refractivity contribution in [3.63, 3.8) is 0 Å². The molecule has 2 fully saturated rings. The highest BCUT2D eigenvalue weighted by atomic mass is 16.5. The van der Waals surface area contributed by atoms with Crippen LogP contribution >= 0.6 is 0 Å². The van der Waals surface area contributed by atoms with Crippen LogP contribution in [-0.4, -0.2) is 54.5 Å². The van der Waals surface area contributed by atoms with Gasteiger partial charge in [0.15, 0.2) is 0 Å². The third-order valence-electron chi connectivity index (χ3n) is 6.51. The molecule has 5 heteroatoms. The summed E-state index contributed by atoms with van der Waals surface area (Å²) in [7, 11) is 1.54. The van der Waals surface area contributed by atoms with Gasteiger partial charge in [-0.1, -0.05) is 60.7 Å².